The normalized spacial score (nSPS) is 27.4. The molecule has 0 unspecified atom stereocenters. The first kappa shape index (κ1) is 15.6. The van der Waals surface area contributed by atoms with Crippen LogP contribution in [0.5, 0.6) is 0 Å². The van der Waals surface area contributed by atoms with Crippen LogP contribution in [0.2, 0.25) is 0 Å². The molecule has 20 heavy (non-hydrogen) atoms. The molecule has 1 aliphatic carbocycles. The van der Waals surface area contributed by atoms with Crippen molar-refractivity contribution in [1.29, 1.82) is 0 Å². The van der Waals surface area contributed by atoms with E-state index in [1.54, 1.807) is 6.07 Å². The van der Waals surface area contributed by atoms with Crippen molar-refractivity contribution in [3.05, 3.63) is 34.9 Å². The summed E-state index contributed by atoms with van der Waals surface area (Å²) in [5, 5.41) is 3.38. The first-order chi connectivity index (χ1) is 8.76. The minimum Gasteiger partial charge on any atom is -0.369 e. The lowest BCUT2D eigenvalue weighted by Crippen LogP contribution is -2.50. The average molecular weight is 308 g/mol. The number of halogens is 4. The van der Waals surface area contributed by atoms with Crippen LogP contribution in [0.3, 0.4) is 0 Å². The van der Waals surface area contributed by atoms with Crippen LogP contribution < -0.4 is 5.32 Å². The molecule has 0 bridgehead atoms. The lowest BCUT2D eigenvalue weighted by molar-refractivity contribution is -0.137. The molecule has 1 aromatic rings. The van der Waals surface area contributed by atoms with E-state index in [0.717, 1.165) is 17.2 Å². The molecule has 3 rings (SSSR count). The summed E-state index contributed by atoms with van der Waals surface area (Å²) in [6.45, 7) is 4.68. The standard InChI is InChI=1S/C14H16F3NO.ClH/c1-13(2)7-18-12-10-4-3-9(14(15,16)17)5-8(10)6-11(12)19-13;/h3-5,11-12,18H,6-7H2,1-2H3;1H/t11-,12+;/m0./s1. The fourth-order valence-electron chi connectivity index (χ4n) is 2.96. The van der Waals surface area contributed by atoms with Gasteiger partial charge in [0.25, 0.3) is 0 Å². The number of hydrogen-bond donors (Lipinski definition) is 1. The molecule has 0 amide bonds. The highest BCUT2D eigenvalue weighted by atomic mass is 35.5. The monoisotopic (exact) mass is 307 g/mol. The highest BCUT2D eigenvalue weighted by Gasteiger charge is 2.42. The van der Waals surface area contributed by atoms with E-state index in [4.69, 9.17) is 4.74 Å². The molecule has 0 radical (unpaired) electrons. The molecule has 0 saturated carbocycles. The van der Waals surface area contributed by atoms with E-state index >= 15 is 0 Å². The van der Waals surface area contributed by atoms with Crippen molar-refractivity contribution in [2.75, 3.05) is 6.54 Å². The number of ether oxygens (including phenoxy) is 1. The Bertz CT molecular complexity index is 516. The van der Waals surface area contributed by atoms with E-state index in [1.165, 1.54) is 6.07 Å². The van der Waals surface area contributed by atoms with Crippen LogP contribution in [0, 0.1) is 0 Å². The smallest absolute Gasteiger partial charge is 0.369 e. The molecular formula is C14H17ClF3NO. The molecule has 1 fully saturated rings. The van der Waals surface area contributed by atoms with Crippen molar-refractivity contribution in [2.45, 2.75) is 44.2 Å². The molecule has 1 aliphatic heterocycles. The third-order valence-corrected chi connectivity index (χ3v) is 3.82. The Kier molecular flexibility index (Phi) is 3.82. The van der Waals surface area contributed by atoms with Gasteiger partial charge in [0, 0.05) is 13.0 Å². The number of alkyl halides is 3. The van der Waals surface area contributed by atoms with E-state index in [-0.39, 0.29) is 30.2 Å². The SMILES string of the molecule is CC1(C)CN[C@@H]2c3ccc(C(F)(F)F)cc3C[C@@H]2O1.Cl. The molecule has 1 aromatic carbocycles. The summed E-state index contributed by atoms with van der Waals surface area (Å²) in [7, 11) is 0. The zero-order valence-electron chi connectivity index (χ0n) is 11.3. The molecule has 1 heterocycles. The van der Waals surface area contributed by atoms with Crippen LogP contribution in [0.1, 0.15) is 36.6 Å². The van der Waals surface area contributed by atoms with Gasteiger partial charge in [0.15, 0.2) is 0 Å². The molecule has 2 nitrogen and oxygen atoms in total. The van der Waals surface area contributed by atoms with Gasteiger partial charge in [-0.3, -0.25) is 0 Å². The molecule has 0 aromatic heterocycles. The summed E-state index contributed by atoms with van der Waals surface area (Å²) in [5.74, 6) is 0. The van der Waals surface area contributed by atoms with Gasteiger partial charge in [0.1, 0.15) is 0 Å². The fraction of sp³-hybridized carbons (Fsp3) is 0.571. The van der Waals surface area contributed by atoms with Crippen LogP contribution in [-0.4, -0.2) is 18.2 Å². The van der Waals surface area contributed by atoms with E-state index in [1.807, 2.05) is 13.8 Å². The molecule has 2 aliphatic rings. The third-order valence-electron chi connectivity index (χ3n) is 3.82. The molecule has 1 N–H and O–H groups in total. The number of nitrogens with one attached hydrogen (secondary N) is 1. The summed E-state index contributed by atoms with van der Waals surface area (Å²) in [4.78, 5) is 0. The summed E-state index contributed by atoms with van der Waals surface area (Å²) in [6.07, 6.45) is -3.81. The van der Waals surface area contributed by atoms with Crippen LogP contribution in [0.25, 0.3) is 0 Å². The summed E-state index contributed by atoms with van der Waals surface area (Å²) in [6, 6.07) is 4.01. The number of fused-ring (bicyclic) bond motifs is 3. The molecule has 1 saturated heterocycles. The van der Waals surface area contributed by atoms with Gasteiger partial charge >= 0.3 is 6.18 Å². The van der Waals surface area contributed by atoms with E-state index < -0.39 is 11.7 Å². The topological polar surface area (TPSA) is 21.3 Å². The van der Waals surface area contributed by atoms with Crippen molar-refractivity contribution in [3.8, 4) is 0 Å². The zero-order valence-corrected chi connectivity index (χ0v) is 12.1. The van der Waals surface area contributed by atoms with Crippen molar-refractivity contribution < 1.29 is 17.9 Å². The average Bonchev–Trinajstić information content (AvgIpc) is 2.61. The van der Waals surface area contributed by atoms with Gasteiger partial charge in [-0.1, -0.05) is 6.07 Å². The van der Waals surface area contributed by atoms with Crippen LogP contribution >= 0.6 is 12.4 Å². The quantitative estimate of drug-likeness (QED) is 0.792. The van der Waals surface area contributed by atoms with Crippen LogP contribution in [0.15, 0.2) is 18.2 Å². The van der Waals surface area contributed by atoms with Crippen LogP contribution in [-0.2, 0) is 17.3 Å². The predicted octanol–water partition coefficient (Wildman–Crippen LogP) is 3.49. The Morgan fingerprint density at radius 2 is 2.00 bits per heavy atom. The number of benzene rings is 1. The lowest BCUT2D eigenvalue weighted by atomic mass is 10.0. The first-order valence-corrected chi connectivity index (χ1v) is 6.37. The largest absolute Gasteiger partial charge is 0.416 e. The van der Waals surface area contributed by atoms with Crippen molar-refractivity contribution >= 4 is 12.4 Å². The van der Waals surface area contributed by atoms with E-state index in [2.05, 4.69) is 5.32 Å². The fourth-order valence-corrected chi connectivity index (χ4v) is 2.96. The minimum absolute atomic E-state index is 0. The Labute approximate surface area is 122 Å². The highest BCUT2D eigenvalue weighted by Crippen LogP contribution is 2.40. The minimum atomic E-state index is -4.28. The van der Waals surface area contributed by atoms with Crippen molar-refractivity contribution in [3.63, 3.8) is 0 Å². The number of rotatable bonds is 0. The maximum absolute atomic E-state index is 12.7. The first-order valence-electron chi connectivity index (χ1n) is 6.37. The summed E-state index contributed by atoms with van der Waals surface area (Å²) >= 11 is 0. The highest BCUT2D eigenvalue weighted by molar-refractivity contribution is 5.85. The zero-order chi connectivity index (χ0) is 13.8. The number of morpholine rings is 1. The Morgan fingerprint density at radius 3 is 2.65 bits per heavy atom. The molecule has 0 spiro atoms. The van der Waals surface area contributed by atoms with Gasteiger partial charge in [-0.25, -0.2) is 0 Å². The van der Waals surface area contributed by atoms with Gasteiger partial charge in [-0.15, -0.1) is 12.4 Å². The van der Waals surface area contributed by atoms with Gasteiger partial charge in [0.05, 0.1) is 23.3 Å². The van der Waals surface area contributed by atoms with E-state index in [0.29, 0.717) is 13.0 Å². The van der Waals surface area contributed by atoms with Gasteiger partial charge in [-0.05, 0) is 37.1 Å². The second kappa shape index (κ2) is 4.90. The maximum atomic E-state index is 12.7. The number of hydrogen-bond acceptors (Lipinski definition) is 2. The molecule has 112 valence electrons. The van der Waals surface area contributed by atoms with E-state index in [9.17, 15) is 13.2 Å². The lowest BCUT2D eigenvalue weighted by Gasteiger charge is -2.39. The van der Waals surface area contributed by atoms with Crippen molar-refractivity contribution in [1.82, 2.24) is 5.32 Å². The Morgan fingerprint density at radius 1 is 1.30 bits per heavy atom. The molecule has 2 atom stereocenters. The third kappa shape index (κ3) is 2.67. The Balaban J connectivity index is 0.00000147. The van der Waals surface area contributed by atoms with Crippen LogP contribution in [0.4, 0.5) is 13.2 Å². The Hall–Kier alpha value is -0.780. The van der Waals surface area contributed by atoms with Gasteiger partial charge in [-0.2, -0.15) is 13.2 Å². The van der Waals surface area contributed by atoms with Crippen molar-refractivity contribution in [2.24, 2.45) is 0 Å². The second-order valence-electron chi connectivity index (χ2n) is 5.89. The predicted molar refractivity (Wildman–Crippen MR) is 72.1 cm³/mol. The summed E-state index contributed by atoms with van der Waals surface area (Å²) < 4.78 is 44.1. The second-order valence-corrected chi connectivity index (χ2v) is 5.89. The van der Waals surface area contributed by atoms with Gasteiger partial charge in [0.2, 0.25) is 0 Å². The van der Waals surface area contributed by atoms with Gasteiger partial charge < -0.3 is 10.1 Å². The molecular weight excluding hydrogens is 291 g/mol. The summed E-state index contributed by atoms with van der Waals surface area (Å²) in [5.41, 5.74) is 0.837. The maximum Gasteiger partial charge on any atom is 0.416 e. The molecule has 6 heteroatoms.